The minimum Gasteiger partial charge on any atom is -0.465 e. The summed E-state index contributed by atoms with van der Waals surface area (Å²) in [6.07, 6.45) is 0. The highest BCUT2D eigenvalue weighted by Gasteiger charge is 2.19. The number of benzene rings is 2. The number of methoxy groups -OCH3 is 1. The lowest BCUT2D eigenvalue weighted by atomic mass is 10.1. The van der Waals surface area contributed by atoms with Crippen LogP contribution in [0.15, 0.2) is 60.7 Å². The van der Waals surface area contributed by atoms with Crippen LogP contribution in [-0.2, 0) is 4.74 Å². The average molecular weight is 412 g/mol. The molecule has 1 heterocycles. The van der Waals surface area contributed by atoms with Crippen molar-refractivity contribution in [1.82, 2.24) is 0 Å². The number of primary amides is 1. The van der Waals surface area contributed by atoms with Crippen molar-refractivity contribution in [2.45, 2.75) is 0 Å². The highest BCUT2D eigenvalue weighted by atomic mass is 32.1. The van der Waals surface area contributed by atoms with E-state index in [9.17, 15) is 9.59 Å². The van der Waals surface area contributed by atoms with Crippen LogP contribution in [-0.4, -0.2) is 24.1 Å². The maximum Gasteiger partial charge on any atom is 0.340 e. The summed E-state index contributed by atoms with van der Waals surface area (Å²) in [6, 6.07) is 18.2. The normalized spacial score (nSPS) is 10.2. The molecule has 4 N–H and O–H groups in total. The molecule has 0 aliphatic carbocycles. The number of rotatable bonds is 5. The Bertz CT molecular complexity index is 1030. The number of hydrogen-bond acceptors (Lipinski definition) is 5. The molecule has 1 aromatic heterocycles. The van der Waals surface area contributed by atoms with E-state index in [1.165, 1.54) is 18.4 Å². The number of amides is 1. The van der Waals surface area contributed by atoms with E-state index in [4.69, 9.17) is 22.7 Å². The Labute approximate surface area is 171 Å². The van der Waals surface area contributed by atoms with Gasteiger partial charge in [0, 0.05) is 4.88 Å². The number of carbonyl (C=O) groups is 2. The predicted molar refractivity (Wildman–Crippen MR) is 116 cm³/mol. The smallest absolute Gasteiger partial charge is 0.340 e. The van der Waals surface area contributed by atoms with Crippen LogP contribution in [0.1, 0.15) is 20.7 Å². The first-order chi connectivity index (χ1) is 13.5. The molecule has 2 aromatic carbocycles. The second kappa shape index (κ2) is 8.64. The lowest BCUT2D eigenvalue weighted by Crippen LogP contribution is -2.22. The zero-order valence-corrected chi connectivity index (χ0v) is 16.5. The zero-order valence-electron chi connectivity index (χ0n) is 14.9. The van der Waals surface area contributed by atoms with Gasteiger partial charge in [0.05, 0.1) is 23.9 Å². The van der Waals surface area contributed by atoms with Gasteiger partial charge in [-0.25, -0.2) is 4.79 Å². The molecule has 0 aliphatic rings. The van der Waals surface area contributed by atoms with Gasteiger partial charge in [-0.1, -0.05) is 42.5 Å². The summed E-state index contributed by atoms with van der Waals surface area (Å²) < 4.78 is 4.88. The fourth-order valence-corrected chi connectivity index (χ4v) is 3.89. The van der Waals surface area contributed by atoms with Crippen molar-refractivity contribution in [3.8, 4) is 10.4 Å². The third kappa shape index (κ3) is 4.36. The van der Waals surface area contributed by atoms with E-state index in [2.05, 4.69) is 10.6 Å². The van der Waals surface area contributed by atoms with Crippen LogP contribution in [0.5, 0.6) is 0 Å². The van der Waals surface area contributed by atoms with Crippen molar-refractivity contribution in [3.05, 3.63) is 71.8 Å². The Kier molecular flexibility index (Phi) is 6.03. The van der Waals surface area contributed by atoms with Crippen molar-refractivity contribution in [1.29, 1.82) is 0 Å². The maximum atomic E-state index is 12.2. The minimum atomic E-state index is -0.566. The summed E-state index contributed by atoms with van der Waals surface area (Å²) >= 11 is 6.73. The average Bonchev–Trinajstić information content (AvgIpc) is 3.12. The van der Waals surface area contributed by atoms with Crippen LogP contribution in [0.4, 0.5) is 10.7 Å². The van der Waals surface area contributed by atoms with E-state index < -0.39 is 11.9 Å². The Morgan fingerprint density at radius 2 is 1.68 bits per heavy atom. The topological polar surface area (TPSA) is 93.4 Å². The SMILES string of the molecule is COC(=O)c1cc(-c2ccccc2)sc1NC(=S)Nc1ccccc1C(N)=O. The van der Waals surface area contributed by atoms with Crippen molar-refractivity contribution in [3.63, 3.8) is 0 Å². The van der Waals surface area contributed by atoms with Gasteiger partial charge >= 0.3 is 5.97 Å². The number of thiocarbonyl (C=S) groups is 1. The molecule has 142 valence electrons. The molecule has 0 saturated carbocycles. The highest BCUT2D eigenvalue weighted by Crippen LogP contribution is 2.36. The molecule has 0 fully saturated rings. The third-order valence-electron chi connectivity index (χ3n) is 3.86. The van der Waals surface area contributed by atoms with Gasteiger partial charge in [0.1, 0.15) is 5.00 Å². The van der Waals surface area contributed by atoms with Crippen molar-refractivity contribution in [2.24, 2.45) is 5.73 Å². The van der Waals surface area contributed by atoms with Crippen molar-refractivity contribution < 1.29 is 14.3 Å². The molecular weight excluding hydrogens is 394 g/mol. The van der Waals surface area contributed by atoms with Gasteiger partial charge in [-0.05, 0) is 36.0 Å². The summed E-state index contributed by atoms with van der Waals surface area (Å²) in [5.41, 5.74) is 7.53. The second-order valence-corrected chi connectivity index (χ2v) is 7.16. The van der Waals surface area contributed by atoms with E-state index in [0.29, 0.717) is 21.8 Å². The Balaban J connectivity index is 1.87. The molecule has 0 radical (unpaired) electrons. The Morgan fingerprint density at radius 3 is 2.36 bits per heavy atom. The number of ether oxygens (including phenoxy) is 1. The van der Waals surface area contributed by atoms with Crippen LogP contribution in [0.2, 0.25) is 0 Å². The monoisotopic (exact) mass is 411 g/mol. The number of anilines is 2. The molecule has 0 aliphatic heterocycles. The standard InChI is InChI=1S/C20H17N3O3S2/c1-26-19(25)14-11-16(12-7-3-2-4-8-12)28-18(14)23-20(27)22-15-10-6-5-9-13(15)17(21)24/h2-11H,1H3,(H2,21,24)(H2,22,23,27). The molecule has 8 heteroatoms. The maximum absolute atomic E-state index is 12.2. The largest absolute Gasteiger partial charge is 0.465 e. The predicted octanol–water partition coefficient (Wildman–Crippen LogP) is 4.11. The molecule has 3 rings (SSSR count). The fourth-order valence-electron chi connectivity index (χ4n) is 2.55. The van der Waals surface area contributed by atoms with Gasteiger partial charge in [-0.2, -0.15) is 0 Å². The summed E-state index contributed by atoms with van der Waals surface area (Å²) in [4.78, 5) is 24.6. The molecule has 1 amide bonds. The molecule has 3 aromatic rings. The lowest BCUT2D eigenvalue weighted by Gasteiger charge is -2.12. The zero-order chi connectivity index (χ0) is 20.1. The number of thiophene rings is 1. The Morgan fingerprint density at radius 1 is 1.00 bits per heavy atom. The third-order valence-corrected chi connectivity index (χ3v) is 5.17. The van der Waals surface area contributed by atoms with Crippen LogP contribution in [0.3, 0.4) is 0 Å². The molecule has 0 saturated heterocycles. The van der Waals surface area contributed by atoms with Crippen LogP contribution >= 0.6 is 23.6 Å². The van der Waals surface area contributed by atoms with E-state index in [1.807, 2.05) is 30.3 Å². The first-order valence-electron chi connectivity index (χ1n) is 8.24. The highest BCUT2D eigenvalue weighted by molar-refractivity contribution is 7.80. The van der Waals surface area contributed by atoms with Gasteiger partial charge in [0.2, 0.25) is 0 Å². The van der Waals surface area contributed by atoms with Gasteiger partial charge in [0.15, 0.2) is 5.11 Å². The van der Waals surface area contributed by atoms with Crippen molar-refractivity contribution >= 4 is 51.2 Å². The molecule has 0 unspecified atom stereocenters. The lowest BCUT2D eigenvalue weighted by molar-refractivity contribution is 0.0602. The number of nitrogens with two attached hydrogens (primary N) is 1. The molecule has 0 spiro atoms. The summed E-state index contributed by atoms with van der Waals surface area (Å²) in [5.74, 6) is -1.04. The Hall–Kier alpha value is -3.23. The quantitative estimate of drug-likeness (QED) is 0.432. The summed E-state index contributed by atoms with van der Waals surface area (Å²) in [5, 5.41) is 6.73. The van der Waals surface area contributed by atoms with Gasteiger partial charge < -0.3 is 21.1 Å². The number of esters is 1. The van der Waals surface area contributed by atoms with E-state index in [-0.39, 0.29) is 5.11 Å². The van der Waals surface area contributed by atoms with Crippen molar-refractivity contribution in [2.75, 3.05) is 17.7 Å². The molecule has 0 bridgehead atoms. The second-order valence-electron chi connectivity index (χ2n) is 5.70. The fraction of sp³-hybridized carbons (Fsp3) is 0.0500. The van der Waals surface area contributed by atoms with E-state index in [1.54, 1.807) is 30.3 Å². The first-order valence-corrected chi connectivity index (χ1v) is 9.46. The van der Waals surface area contributed by atoms with Crippen LogP contribution < -0.4 is 16.4 Å². The van der Waals surface area contributed by atoms with E-state index >= 15 is 0 Å². The molecular formula is C20H17N3O3S2. The van der Waals surface area contributed by atoms with Gasteiger partial charge in [0.25, 0.3) is 5.91 Å². The summed E-state index contributed by atoms with van der Waals surface area (Å²) in [6.45, 7) is 0. The summed E-state index contributed by atoms with van der Waals surface area (Å²) in [7, 11) is 1.33. The number of nitrogens with one attached hydrogen (secondary N) is 2. The van der Waals surface area contributed by atoms with Crippen LogP contribution in [0, 0.1) is 0 Å². The van der Waals surface area contributed by atoms with Crippen LogP contribution in [0.25, 0.3) is 10.4 Å². The molecule has 6 nitrogen and oxygen atoms in total. The number of carbonyl (C=O) groups excluding carboxylic acids is 2. The molecule has 28 heavy (non-hydrogen) atoms. The van der Waals surface area contributed by atoms with Gasteiger partial charge in [-0.15, -0.1) is 11.3 Å². The molecule has 0 atom stereocenters. The first kappa shape index (κ1) is 19.5. The minimum absolute atomic E-state index is 0.223. The van der Waals surface area contributed by atoms with E-state index in [0.717, 1.165) is 10.4 Å². The number of para-hydroxylation sites is 1. The number of hydrogen-bond donors (Lipinski definition) is 3. The van der Waals surface area contributed by atoms with Gasteiger partial charge in [-0.3, -0.25) is 4.79 Å².